The number of carbonyl (C=O) groups excluding carboxylic acids is 7. The number of carboxylic acid groups (broad SMARTS) is 1. The molecule has 0 spiro atoms. The molecule has 0 aliphatic carbocycles. The first-order chi connectivity index (χ1) is 34.7. The first-order valence-electron chi connectivity index (χ1n) is 24.2. The van der Waals surface area contributed by atoms with E-state index in [-0.39, 0.29) is 69.3 Å². The highest BCUT2D eigenvalue weighted by atomic mass is 32.2. The van der Waals surface area contributed by atoms with E-state index < -0.39 is 100 Å². The van der Waals surface area contributed by atoms with Crippen molar-refractivity contribution in [1.29, 1.82) is 0 Å². The van der Waals surface area contributed by atoms with Gasteiger partial charge in [-0.25, -0.2) is 9.78 Å². The van der Waals surface area contributed by atoms with Crippen LogP contribution in [0.4, 0.5) is 0 Å². The molecule has 3 heterocycles. The van der Waals surface area contributed by atoms with Crippen LogP contribution in [0.2, 0.25) is 0 Å². The number of amides is 7. The average molecular weight is 1030 g/mol. The Morgan fingerprint density at radius 1 is 0.822 bits per heavy atom. The minimum absolute atomic E-state index is 0.00528. The van der Waals surface area contributed by atoms with Crippen molar-refractivity contribution >= 4 is 65.0 Å². The molecular formula is C49H69N13O10S. The van der Waals surface area contributed by atoms with Crippen LogP contribution in [-0.4, -0.2) is 163 Å². The fourth-order valence-electron chi connectivity index (χ4n) is 8.80. The van der Waals surface area contributed by atoms with Crippen LogP contribution < -0.4 is 43.4 Å². The minimum atomic E-state index is -1.33. The quantitative estimate of drug-likeness (QED) is 0.0283. The third kappa shape index (κ3) is 16.1. The summed E-state index contributed by atoms with van der Waals surface area (Å²) in [4.78, 5) is 125. The van der Waals surface area contributed by atoms with Gasteiger partial charge in [-0.05, 0) is 75.8 Å². The number of benzene rings is 2. The molecule has 2 aromatic carbocycles. The van der Waals surface area contributed by atoms with Gasteiger partial charge < -0.3 is 68.4 Å². The summed E-state index contributed by atoms with van der Waals surface area (Å²) in [5.41, 5.74) is 12.6. The Hall–Kier alpha value is -7.21. The maximum Gasteiger partial charge on any atom is 0.326 e. The Balaban J connectivity index is 1.39. The summed E-state index contributed by atoms with van der Waals surface area (Å²) in [6.45, 7) is 7.20. The molecule has 7 amide bonds. The molecular weight excluding hydrogens is 963 g/mol. The number of imidazole rings is 1. The monoisotopic (exact) mass is 1030 g/mol. The number of phenolic OH excluding ortho intramolecular Hbond substituents is 1. The van der Waals surface area contributed by atoms with Crippen LogP contribution in [0.3, 0.4) is 0 Å². The molecule has 5 rings (SSSR count). The highest BCUT2D eigenvalue weighted by molar-refractivity contribution is 8.00. The lowest BCUT2D eigenvalue weighted by Gasteiger charge is -2.35. The molecule has 13 N–H and O–H groups in total. The van der Waals surface area contributed by atoms with Gasteiger partial charge in [-0.2, -0.15) is 0 Å². The molecule has 2 fully saturated rings. The van der Waals surface area contributed by atoms with Gasteiger partial charge in [-0.15, -0.1) is 11.8 Å². The fourth-order valence-corrected chi connectivity index (χ4v) is 9.94. The van der Waals surface area contributed by atoms with E-state index in [2.05, 4.69) is 46.9 Å². The Morgan fingerprint density at radius 3 is 2.10 bits per heavy atom. The number of guanidine groups is 1. The predicted molar refractivity (Wildman–Crippen MR) is 272 cm³/mol. The third-order valence-electron chi connectivity index (χ3n) is 12.6. The van der Waals surface area contributed by atoms with Crippen LogP contribution in [0.5, 0.6) is 5.75 Å². The van der Waals surface area contributed by atoms with Crippen LogP contribution in [0.15, 0.2) is 72.1 Å². The number of H-pyrrole nitrogens is 1. The Morgan fingerprint density at radius 2 is 1.47 bits per heavy atom. The standard InChI is InChI=1S/C49H69N13O10S/c1-28(2)39(60-41(65)33(56-38(64)25-52-5)13-9-19-54-48(50)51)43(67)57-34(21-30-15-17-32(63)18-16-30)46(70)62-27-73-49(3,4)40(62)44(68)58-35(23-31-24-53-26-55-31)45(69)61-20-10-14-37(61)42(66)59-36(47(71)72)22-29-11-7-6-8-12-29/h6-8,11-12,15-18,24,26,28,33-37,39-40,52,63H,9-10,13-14,19-23,25,27H2,1-5H3,(H,53,55)(H,56,64)(H,57,67)(H,58,68)(H,59,66)(H,60,65)(H,71,72)(H4,50,51,54)/t33-,34-,35-,36-,37-,39-,40-/m0/s1. The minimum Gasteiger partial charge on any atom is -0.508 e. The number of hydrogen-bond donors (Lipinski definition) is 11. The molecule has 1 aromatic heterocycles. The average Bonchev–Trinajstić information content (AvgIpc) is 4.12. The van der Waals surface area contributed by atoms with E-state index >= 15 is 4.79 Å². The van der Waals surface area contributed by atoms with Gasteiger partial charge in [-0.1, -0.05) is 56.3 Å². The number of nitrogens with one attached hydrogen (secondary N) is 7. The number of aromatic hydroxyl groups is 1. The summed E-state index contributed by atoms with van der Waals surface area (Å²) in [5, 5.41) is 36.6. The summed E-state index contributed by atoms with van der Waals surface area (Å²) in [6, 6.07) is 6.43. The van der Waals surface area contributed by atoms with Crippen LogP contribution >= 0.6 is 11.8 Å². The van der Waals surface area contributed by atoms with Crippen molar-refractivity contribution in [2.75, 3.05) is 32.6 Å². The smallest absolute Gasteiger partial charge is 0.326 e. The van der Waals surface area contributed by atoms with Gasteiger partial charge in [-0.3, -0.25) is 38.6 Å². The first-order valence-corrected chi connectivity index (χ1v) is 25.1. The van der Waals surface area contributed by atoms with Gasteiger partial charge >= 0.3 is 5.97 Å². The van der Waals surface area contributed by atoms with E-state index in [1.54, 1.807) is 77.2 Å². The lowest BCUT2D eigenvalue weighted by molar-refractivity contribution is -0.146. The van der Waals surface area contributed by atoms with E-state index in [1.165, 1.54) is 46.2 Å². The van der Waals surface area contributed by atoms with Crippen molar-refractivity contribution in [2.24, 2.45) is 22.4 Å². The van der Waals surface area contributed by atoms with Crippen molar-refractivity contribution in [2.45, 2.75) is 120 Å². The highest BCUT2D eigenvalue weighted by Gasteiger charge is 2.51. The van der Waals surface area contributed by atoms with Crippen molar-refractivity contribution in [3.8, 4) is 5.75 Å². The normalized spacial score (nSPS) is 18.1. The SMILES string of the molecule is CNCC(=O)N[C@@H](CCCN=C(N)N)C(=O)N[C@H](C(=O)N[C@@H](Cc1ccc(O)cc1)C(=O)N1CSC(C)(C)[C@@H]1C(=O)N[C@@H](Cc1cnc[nH]1)C(=O)N1CCC[C@H]1C(=O)N[C@@H](Cc1ccccc1)C(=O)O)C(C)C. The van der Waals surface area contributed by atoms with Crippen molar-refractivity contribution in [1.82, 2.24) is 51.7 Å². The Labute approximate surface area is 428 Å². The van der Waals surface area contributed by atoms with E-state index in [1.807, 2.05) is 0 Å². The number of nitrogens with two attached hydrogens (primary N) is 2. The van der Waals surface area contributed by atoms with E-state index in [0.717, 1.165) is 0 Å². The number of nitrogens with zero attached hydrogens (tertiary/aromatic N) is 4. The van der Waals surface area contributed by atoms with Gasteiger partial charge in [0.2, 0.25) is 41.4 Å². The molecule has 7 atom stereocenters. The van der Waals surface area contributed by atoms with Crippen molar-refractivity contribution < 1.29 is 48.6 Å². The zero-order chi connectivity index (χ0) is 53.4. The van der Waals surface area contributed by atoms with Gasteiger partial charge in [0.1, 0.15) is 48.0 Å². The third-order valence-corrected chi connectivity index (χ3v) is 14.0. The molecule has 3 aromatic rings. The molecule has 73 heavy (non-hydrogen) atoms. The lowest BCUT2D eigenvalue weighted by atomic mass is 9.97. The van der Waals surface area contributed by atoms with Crippen molar-refractivity contribution in [3.63, 3.8) is 0 Å². The number of likely N-dealkylation sites (tertiary alicyclic amines) is 1. The summed E-state index contributed by atoms with van der Waals surface area (Å²) in [6.07, 6.45) is 3.87. The number of carboxylic acids is 1. The predicted octanol–water partition coefficient (Wildman–Crippen LogP) is -0.748. The molecule has 0 unspecified atom stereocenters. The molecule has 2 saturated heterocycles. The largest absolute Gasteiger partial charge is 0.508 e. The molecule has 23 nitrogen and oxygen atoms in total. The molecule has 396 valence electrons. The second-order valence-electron chi connectivity index (χ2n) is 19.0. The first kappa shape index (κ1) is 56.7. The van der Waals surface area contributed by atoms with E-state index in [9.17, 15) is 43.8 Å². The van der Waals surface area contributed by atoms with Crippen LogP contribution in [0, 0.1) is 5.92 Å². The fraction of sp³-hybridized carbons (Fsp3) is 0.510. The number of aromatic amines is 1. The molecule has 2 aliphatic heterocycles. The summed E-state index contributed by atoms with van der Waals surface area (Å²) in [7, 11) is 1.57. The maximum atomic E-state index is 15.0. The van der Waals surface area contributed by atoms with Crippen molar-refractivity contribution in [3.05, 3.63) is 83.9 Å². The Bertz CT molecular complexity index is 2420. The number of hydrogen-bond acceptors (Lipinski definition) is 13. The summed E-state index contributed by atoms with van der Waals surface area (Å²) >= 11 is 1.30. The van der Waals surface area contributed by atoms with Gasteiger partial charge in [0, 0.05) is 49.0 Å². The maximum absolute atomic E-state index is 15.0. The van der Waals surface area contributed by atoms with Gasteiger partial charge in [0.15, 0.2) is 5.96 Å². The number of rotatable bonds is 25. The summed E-state index contributed by atoms with van der Waals surface area (Å²) < 4.78 is -0.947. The Kier molecular flexibility index (Phi) is 20.6. The number of likely N-dealkylation sites (N-methyl/N-ethyl adjacent to an activating group) is 1. The molecule has 0 bridgehead atoms. The zero-order valence-corrected chi connectivity index (χ0v) is 42.6. The number of aromatic nitrogens is 2. The lowest BCUT2D eigenvalue weighted by Crippen LogP contribution is -2.62. The van der Waals surface area contributed by atoms with Crippen LogP contribution in [0.25, 0.3) is 0 Å². The van der Waals surface area contributed by atoms with Gasteiger partial charge in [0.05, 0.1) is 18.7 Å². The molecule has 2 aliphatic rings. The second-order valence-corrected chi connectivity index (χ2v) is 20.6. The van der Waals surface area contributed by atoms with Crippen LogP contribution in [-0.2, 0) is 57.6 Å². The number of carbonyl (C=O) groups is 8. The number of thioether (sulfide) groups is 1. The van der Waals surface area contributed by atoms with Gasteiger partial charge in [0.25, 0.3) is 0 Å². The molecule has 0 saturated carbocycles. The second kappa shape index (κ2) is 26.5. The molecule has 24 heteroatoms. The zero-order valence-electron chi connectivity index (χ0n) is 41.8. The summed E-state index contributed by atoms with van der Waals surface area (Å²) in [5.74, 6) is -6.38. The van der Waals surface area contributed by atoms with E-state index in [4.69, 9.17) is 11.5 Å². The topological polar surface area (TPSA) is 349 Å². The molecule has 0 radical (unpaired) electrons. The number of aliphatic imine (C=N–C) groups is 1. The number of aliphatic carboxylic acids is 1. The van der Waals surface area contributed by atoms with Crippen LogP contribution in [0.1, 0.15) is 70.2 Å². The number of phenols is 1. The van der Waals surface area contributed by atoms with E-state index in [0.29, 0.717) is 29.7 Å². The highest BCUT2D eigenvalue weighted by Crippen LogP contribution is 2.40.